The van der Waals surface area contributed by atoms with E-state index in [4.69, 9.17) is 8.85 Å². The molecule has 0 aliphatic rings. The zero-order chi connectivity index (χ0) is 10.7. The molecule has 0 bridgehead atoms. The van der Waals surface area contributed by atoms with Gasteiger partial charge in [-0.2, -0.15) is 0 Å². The summed E-state index contributed by atoms with van der Waals surface area (Å²) in [6, 6.07) is 0. The van der Waals surface area contributed by atoms with E-state index in [1.807, 2.05) is 39.3 Å². The number of hydrogen-bond donors (Lipinski definition) is 0. The van der Waals surface area contributed by atoms with Crippen molar-refractivity contribution in [2.75, 3.05) is 0 Å². The van der Waals surface area contributed by atoms with Crippen LogP contribution >= 0.6 is 0 Å². The first-order chi connectivity index (χ1) is 5.60. The molecular formula is C8H19LiO3Si2. The van der Waals surface area contributed by atoms with E-state index in [0.29, 0.717) is 0 Å². The van der Waals surface area contributed by atoms with Crippen LogP contribution in [0.2, 0.25) is 39.3 Å². The third-order valence-electron chi connectivity index (χ3n) is 0.915. The van der Waals surface area contributed by atoms with Crippen LogP contribution in [0.15, 0.2) is 12.2 Å². The van der Waals surface area contributed by atoms with Crippen molar-refractivity contribution in [1.29, 1.82) is 0 Å². The minimum atomic E-state index is -1.76. The van der Waals surface area contributed by atoms with Crippen molar-refractivity contribution in [1.82, 2.24) is 0 Å². The Labute approximate surface area is 101 Å². The molecule has 78 valence electrons. The molecule has 14 heavy (non-hydrogen) atoms. The van der Waals surface area contributed by atoms with Crippen molar-refractivity contribution in [2.24, 2.45) is 0 Å². The van der Waals surface area contributed by atoms with Gasteiger partial charge in [0.2, 0.25) is 8.32 Å². The van der Waals surface area contributed by atoms with E-state index in [1.165, 1.54) is 6.26 Å². The minimum Gasteiger partial charge on any atom is -0.632 e. The Balaban J connectivity index is 0. The summed E-state index contributed by atoms with van der Waals surface area (Å²) in [6.45, 7) is 12.0. The maximum atomic E-state index is 11.2. The fraction of sp³-hybridized carbons (Fsp3) is 0.750. The summed E-state index contributed by atoms with van der Waals surface area (Å²) < 4.78 is 10.5. The second-order valence-electron chi connectivity index (χ2n) is 4.88. The summed E-state index contributed by atoms with van der Waals surface area (Å²) in [6.07, 6.45) is 1.21. The second-order valence-corrected chi connectivity index (χ2v) is 13.8. The van der Waals surface area contributed by atoms with Gasteiger partial charge >= 0.3 is 18.9 Å². The Morgan fingerprint density at radius 3 is 1.71 bits per heavy atom. The fourth-order valence-corrected chi connectivity index (χ4v) is 1.65. The molecule has 0 aromatic carbocycles. The molecule has 0 rings (SSSR count). The third-order valence-corrected chi connectivity index (χ3v) is 2.55. The van der Waals surface area contributed by atoms with Gasteiger partial charge in [-0.05, 0) is 19.6 Å². The van der Waals surface area contributed by atoms with E-state index in [0.717, 1.165) is 0 Å². The molecule has 0 aromatic heterocycles. The van der Waals surface area contributed by atoms with Gasteiger partial charge in [-0.15, -0.1) is 0 Å². The van der Waals surface area contributed by atoms with E-state index in [9.17, 15) is 5.11 Å². The maximum absolute atomic E-state index is 11.2. The van der Waals surface area contributed by atoms with E-state index >= 15 is 0 Å². The quantitative estimate of drug-likeness (QED) is 0.449. The molecule has 0 aromatic rings. The van der Waals surface area contributed by atoms with Crippen molar-refractivity contribution in [3.63, 3.8) is 0 Å². The van der Waals surface area contributed by atoms with Crippen molar-refractivity contribution < 1.29 is 32.8 Å². The molecule has 0 amide bonds. The molecule has 0 saturated heterocycles. The average Bonchev–Trinajstić information content (AvgIpc) is 1.78. The predicted octanol–water partition coefficient (Wildman–Crippen LogP) is -1.15. The SMILES string of the molecule is C[Si](C)(C)O/C=C(\[O-])O[Si](C)(C)C.[Li+]. The first kappa shape index (κ1) is 16.6. The molecule has 0 saturated carbocycles. The zero-order valence-corrected chi connectivity index (χ0v) is 12.3. The van der Waals surface area contributed by atoms with Gasteiger partial charge in [0, 0.05) is 0 Å². The molecule has 3 nitrogen and oxygen atoms in total. The summed E-state index contributed by atoms with van der Waals surface area (Å²) >= 11 is 0. The molecule has 0 aliphatic carbocycles. The van der Waals surface area contributed by atoms with E-state index in [-0.39, 0.29) is 24.8 Å². The third kappa shape index (κ3) is 12.2. The molecule has 0 aliphatic heterocycles. The van der Waals surface area contributed by atoms with Crippen LogP contribution in [0.5, 0.6) is 0 Å². The first-order valence-corrected chi connectivity index (χ1v) is 11.2. The Hall–Kier alpha value is 0.171. The van der Waals surface area contributed by atoms with E-state index in [1.54, 1.807) is 0 Å². The Morgan fingerprint density at radius 2 is 1.43 bits per heavy atom. The molecule has 0 radical (unpaired) electrons. The summed E-state index contributed by atoms with van der Waals surface area (Å²) in [5.41, 5.74) is 0. The second kappa shape index (κ2) is 5.91. The molecule has 0 N–H and O–H groups in total. The molecule has 6 heteroatoms. The van der Waals surface area contributed by atoms with Gasteiger partial charge in [-0.25, -0.2) is 0 Å². The van der Waals surface area contributed by atoms with Crippen LogP contribution in [0.1, 0.15) is 0 Å². The molecular weight excluding hydrogens is 207 g/mol. The summed E-state index contributed by atoms with van der Waals surface area (Å²) in [7, 11) is -3.40. The Bertz CT molecular complexity index is 194. The van der Waals surface area contributed by atoms with Crippen LogP contribution in [-0.2, 0) is 8.85 Å². The van der Waals surface area contributed by atoms with Gasteiger partial charge in [0.1, 0.15) is 8.32 Å². The maximum Gasteiger partial charge on any atom is 1.00 e. The fourth-order valence-electron chi connectivity index (χ4n) is 0.551. The normalized spacial score (nSPS) is 13.1. The summed E-state index contributed by atoms with van der Waals surface area (Å²) in [4.78, 5) is 0. The summed E-state index contributed by atoms with van der Waals surface area (Å²) in [5.74, 6) is -0.346. The topological polar surface area (TPSA) is 41.5 Å². The molecule has 0 fully saturated rings. The van der Waals surface area contributed by atoms with Crippen LogP contribution < -0.4 is 24.0 Å². The van der Waals surface area contributed by atoms with Gasteiger partial charge in [0.15, 0.2) is 0 Å². The molecule has 0 unspecified atom stereocenters. The van der Waals surface area contributed by atoms with Crippen molar-refractivity contribution in [2.45, 2.75) is 39.3 Å². The minimum absolute atomic E-state index is 0. The van der Waals surface area contributed by atoms with Crippen LogP contribution in [0.3, 0.4) is 0 Å². The Morgan fingerprint density at radius 1 is 1.00 bits per heavy atom. The van der Waals surface area contributed by atoms with E-state index < -0.39 is 16.6 Å². The number of rotatable bonds is 4. The van der Waals surface area contributed by atoms with Crippen molar-refractivity contribution in [3.8, 4) is 0 Å². The van der Waals surface area contributed by atoms with Gasteiger partial charge in [0.25, 0.3) is 0 Å². The van der Waals surface area contributed by atoms with E-state index in [2.05, 4.69) is 0 Å². The van der Waals surface area contributed by atoms with Crippen LogP contribution in [0.4, 0.5) is 0 Å². The average molecular weight is 226 g/mol. The van der Waals surface area contributed by atoms with Crippen LogP contribution in [-0.4, -0.2) is 16.6 Å². The van der Waals surface area contributed by atoms with Crippen LogP contribution in [0, 0.1) is 0 Å². The first-order valence-electron chi connectivity index (χ1n) is 4.34. The monoisotopic (exact) mass is 226 g/mol. The molecule has 0 spiro atoms. The standard InChI is InChI=1S/C8H20O3Si2.Li/c1-12(2,3)10-7-8(9)11-13(4,5)6;/h7,9H,1-6H3;/q;+1/p-1/b8-7+;. The van der Waals surface area contributed by atoms with Gasteiger partial charge < -0.3 is 14.0 Å². The molecule has 0 atom stereocenters. The van der Waals surface area contributed by atoms with Crippen molar-refractivity contribution in [3.05, 3.63) is 12.2 Å². The molecule has 0 heterocycles. The Kier molecular flexibility index (Phi) is 7.00. The van der Waals surface area contributed by atoms with Gasteiger partial charge in [-0.3, -0.25) is 0 Å². The zero-order valence-electron chi connectivity index (χ0n) is 10.3. The number of hydrogen-bond acceptors (Lipinski definition) is 3. The predicted molar refractivity (Wildman–Crippen MR) is 56.9 cm³/mol. The van der Waals surface area contributed by atoms with Crippen LogP contribution in [0.25, 0.3) is 0 Å². The summed E-state index contributed by atoms with van der Waals surface area (Å²) in [5, 5.41) is 11.2. The largest absolute Gasteiger partial charge is 1.00 e. The van der Waals surface area contributed by atoms with Crippen molar-refractivity contribution >= 4 is 16.6 Å². The van der Waals surface area contributed by atoms with Gasteiger partial charge in [-0.1, -0.05) is 19.6 Å². The van der Waals surface area contributed by atoms with Gasteiger partial charge in [0.05, 0.1) is 12.2 Å². The smallest absolute Gasteiger partial charge is 0.632 e.